The number of hydrogen-bond donors (Lipinski definition) is 2. The highest BCUT2D eigenvalue weighted by Crippen LogP contribution is 2.18. The van der Waals surface area contributed by atoms with Crippen LogP contribution in [0.1, 0.15) is 12.1 Å². The minimum absolute atomic E-state index is 0. The van der Waals surface area contributed by atoms with Crippen molar-refractivity contribution < 1.29 is 9.90 Å². The number of hydrogen-bond acceptors (Lipinski definition) is 3. The van der Waals surface area contributed by atoms with Gasteiger partial charge in [-0.1, -0.05) is 6.07 Å². The lowest BCUT2D eigenvalue weighted by Crippen LogP contribution is -2.29. The molecule has 0 amide bonds. The highest BCUT2D eigenvalue weighted by molar-refractivity contribution is 5.85. The second kappa shape index (κ2) is 7.48. The highest BCUT2D eigenvalue weighted by atomic mass is 35.5. The predicted octanol–water partition coefficient (Wildman–Crippen LogP) is 1.53. The first-order valence-electron chi connectivity index (χ1n) is 5.12. The van der Waals surface area contributed by atoms with Gasteiger partial charge in [0, 0.05) is 11.9 Å². The summed E-state index contributed by atoms with van der Waals surface area (Å²) in [6.07, 6.45) is 3.33. The molecule has 0 saturated carbocycles. The fraction of sp³-hybridized carbons (Fsp3) is 0.455. The highest BCUT2D eigenvalue weighted by Gasteiger charge is 2.29. The van der Waals surface area contributed by atoms with E-state index >= 15 is 0 Å². The number of rotatable bonds is 3. The molecule has 17 heavy (non-hydrogen) atoms. The molecule has 2 heterocycles. The molecule has 0 bridgehead atoms. The number of nitrogens with zero attached hydrogens (tertiary/aromatic N) is 1. The van der Waals surface area contributed by atoms with Crippen LogP contribution in [0.3, 0.4) is 0 Å². The summed E-state index contributed by atoms with van der Waals surface area (Å²) in [7, 11) is 0. The Labute approximate surface area is 113 Å². The van der Waals surface area contributed by atoms with Crippen LogP contribution in [0.5, 0.6) is 0 Å². The molecule has 1 aliphatic heterocycles. The fourth-order valence-corrected chi connectivity index (χ4v) is 1.97. The molecule has 2 atom stereocenters. The Morgan fingerprint density at radius 2 is 2.24 bits per heavy atom. The van der Waals surface area contributed by atoms with Gasteiger partial charge in [-0.15, -0.1) is 24.8 Å². The minimum Gasteiger partial charge on any atom is -0.480 e. The molecule has 0 spiro atoms. The largest absolute Gasteiger partial charge is 0.480 e. The number of carboxylic acid groups (broad SMARTS) is 1. The molecule has 2 rings (SSSR count). The van der Waals surface area contributed by atoms with Gasteiger partial charge in [-0.3, -0.25) is 9.78 Å². The third kappa shape index (κ3) is 4.50. The summed E-state index contributed by atoms with van der Waals surface area (Å²) in [5.41, 5.74) is 1.04. The maximum Gasteiger partial charge on any atom is 0.320 e. The van der Waals surface area contributed by atoms with Crippen molar-refractivity contribution in [2.45, 2.75) is 18.9 Å². The summed E-state index contributed by atoms with van der Waals surface area (Å²) < 4.78 is 0. The second-order valence-electron chi connectivity index (χ2n) is 3.93. The van der Waals surface area contributed by atoms with E-state index in [9.17, 15) is 4.79 Å². The smallest absolute Gasteiger partial charge is 0.320 e. The van der Waals surface area contributed by atoms with Gasteiger partial charge in [-0.2, -0.15) is 0 Å². The molecular weight excluding hydrogens is 263 g/mol. The Balaban J connectivity index is 0.00000128. The molecule has 0 aromatic carbocycles. The molecule has 1 aromatic heterocycles. The Morgan fingerprint density at radius 1 is 1.47 bits per heavy atom. The average Bonchev–Trinajstić information content (AvgIpc) is 2.68. The van der Waals surface area contributed by atoms with Gasteiger partial charge in [0.15, 0.2) is 0 Å². The summed E-state index contributed by atoms with van der Waals surface area (Å²) in [4.78, 5) is 15.0. The first-order valence-corrected chi connectivity index (χ1v) is 5.12. The van der Waals surface area contributed by atoms with Gasteiger partial charge < -0.3 is 10.4 Å². The lowest BCUT2D eigenvalue weighted by atomic mass is 9.99. The fourth-order valence-electron chi connectivity index (χ4n) is 1.97. The van der Waals surface area contributed by atoms with Crippen molar-refractivity contribution in [1.82, 2.24) is 10.3 Å². The Bertz CT molecular complexity index is 349. The van der Waals surface area contributed by atoms with Crippen LogP contribution in [-0.2, 0) is 11.2 Å². The number of carbonyl (C=O) groups is 1. The second-order valence-corrected chi connectivity index (χ2v) is 3.93. The van der Waals surface area contributed by atoms with Gasteiger partial charge in [-0.25, -0.2) is 0 Å². The first-order chi connectivity index (χ1) is 7.25. The van der Waals surface area contributed by atoms with E-state index in [1.54, 1.807) is 6.20 Å². The van der Waals surface area contributed by atoms with Gasteiger partial charge in [-0.05, 0) is 37.4 Å². The van der Waals surface area contributed by atoms with Crippen molar-refractivity contribution in [2.75, 3.05) is 6.54 Å². The summed E-state index contributed by atoms with van der Waals surface area (Å²) in [6.45, 7) is 0.771. The zero-order valence-corrected chi connectivity index (χ0v) is 10.8. The number of carboxylic acids is 1. The molecule has 2 unspecified atom stereocenters. The van der Waals surface area contributed by atoms with Crippen LogP contribution in [0.4, 0.5) is 0 Å². The molecular formula is C11H16Cl2N2O2. The van der Waals surface area contributed by atoms with E-state index in [0.29, 0.717) is 12.3 Å². The van der Waals surface area contributed by atoms with Crippen LogP contribution in [0, 0.1) is 5.92 Å². The van der Waals surface area contributed by atoms with Crippen LogP contribution in [0.25, 0.3) is 0 Å². The van der Waals surface area contributed by atoms with Crippen molar-refractivity contribution in [1.29, 1.82) is 0 Å². The van der Waals surface area contributed by atoms with Gasteiger partial charge in [0.25, 0.3) is 0 Å². The molecule has 1 aliphatic rings. The molecule has 0 radical (unpaired) electrons. The standard InChI is InChI=1S/C11H14N2O2.2ClH/c14-11(15)10-6-8(7-13-10)5-9-3-1-2-4-12-9;;/h1-4,8,10,13H,5-7H2,(H,14,15);2*1H. The molecule has 1 fully saturated rings. The molecule has 96 valence electrons. The lowest BCUT2D eigenvalue weighted by Gasteiger charge is -2.06. The van der Waals surface area contributed by atoms with Crippen LogP contribution >= 0.6 is 24.8 Å². The van der Waals surface area contributed by atoms with E-state index < -0.39 is 5.97 Å². The van der Waals surface area contributed by atoms with Gasteiger partial charge in [0.2, 0.25) is 0 Å². The topological polar surface area (TPSA) is 62.2 Å². The van der Waals surface area contributed by atoms with Crippen LogP contribution in [0.2, 0.25) is 0 Å². The normalized spacial score (nSPS) is 22.4. The summed E-state index contributed by atoms with van der Waals surface area (Å²) >= 11 is 0. The summed E-state index contributed by atoms with van der Waals surface area (Å²) in [5.74, 6) is -0.362. The van der Waals surface area contributed by atoms with Gasteiger partial charge >= 0.3 is 5.97 Å². The van der Waals surface area contributed by atoms with E-state index in [4.69, 9.17) is 5.11 Å². The SMILES string of the molecule is Cl.Cl.O=C(O)C1CC(Cc2ccccn2)CN1. The van der Waals surface area contributed by atoms with Crippen molar-refractivity contribution >= 4 is 30.8 Å². The molecule has 4 nitrogen and oxygen atoms in total. The monoisotopic (exact) mass is 278 g/mol. The Kier molecular flexibility index (Phi) is 7.11. The number of pyridine rings is 1. The number of nitrogens with one attached hydrogen (secondary N) is 1. The molecule has 1 saturated heterocycles. The zero-order valence-electron chi connectivity index (χ0n) is 9.20. The Hall–Kier alpha value is -0.840. The van der Waals surface area contributed by atoms with E-state index in [-0.39, 0.29) is 30.9 Å². The summed E-state index contributed by atoms with van der Waals surface area (Å²) in [5, 5.41) is 11.8. The summed E-state index contributed by atoms with van der Waals surface area (Å²) in [6, 6.07) is 5.45. The first kappa shape index (κ1) is 16.2. The van der Waals surface area contributed by atoms with E-state index in [1.807, 2.05) is 18.2 Å². The Morgan fingerprint density at radius 3 is 2.76 bits per heavy atom. The third-order valence-corrected chi connectivity index (χ3v) is 2.74. The van der Waals surface area contributed by atoms with Gasteiger partial charge in [0.05, 0.1) is 0 Å². The lowest BCUT2D eigenvalue weighted by molar-refractivity contribution is -0.139. The average molecular weight is 279 g/mol. The van der Waals surface area contributed by atoms with Crippen molar-refractivity contribution in [3.05, 3.63) is 30.1 Å². The van der Waals surface area contributed by atoms with Crippen LogP contribution < -0.4 is 5.32 Å². The third-order valence-electron chi connectivity index (χ3n) is 2.74. The zero-order chi connectivity index (χ0) is 10.7. The number of aromatic nitrogens is 1. The molecule has 1 aromatic rings. The van der Waals surface area contributed by atoms with Crippen molar-refractivity contribution in [2.24, 2.45) is 5.92 Å². The van der Waals surface area contributed by atoms with E-state index in [1.165, 1.54) is 0 Å². The maximum atomic E-state index is 10.7. The number of aliphatic carboxylic acids is 1. The van der Waals surface area contributed by atoms with Crippen LogP contribution in [-0.4, -0.2) is 28.6 Å². The molecule has 2 N–H and O–H groups in total. The maximum absolute atomic E-state index is 10.7. The van der Waals surface area contributed by atoms with Gasteiger partial charge in [0.1, 0.15) is 6.04 Å². The molecule has 6 heteroatoms. The predicted molar refractivity (Wildman–Crippen MR) is 70.0 cm³/mol. The van der Waals surface area contributed by atoms with E-state index in [2.05, 4.69) is 10.3 Å². The van der Waals surface area contributed by atoms with Crippen molar-refractivity contribution in [3.8, 4) is 0 Å². The number of halogens is 2. The minimum atomic E-state index is -0.751. The van der Waals surface area contributed by atoms with E-state index in [0.717, 1.165) is 18.7 Å². The molecule has 0 aliphatic carbocycles. The quantitative estimate of drug-likeness (QED) is 0.880. The van der Waals surface area contributed by atoms with Crippen LogP contribution in [0.15, 0.2) is 24.4 Å². The van der Waals surface area contributed by atoms with Crippen molar-refractivity contribution in [3.63, 3.8) is 0 Å².